The van der Waals surface area contributed by atoms with E-state index in [4.69, 9.17) is 0 Å². The summed E-state index contributed by atoms with van der Waals surface area (Å²) in [5.74, 6) is 1.15. The third kappa shape index (κ3) is 3.71. The molecule has 3 aromatic rings. The SMILES string of the molecule is Cc1nccn1CCC(=O)NCc1nc2cc(C(F)(F)F)ccc2n1C. The molecule has 9 heteroatoms. The standard InChI is InChI=1S/C17H18F3N5O/c1-11-21-6-8-25(11)7-5-16(26)22-10-15-23-13-9-12(17(18,19)20)3-4-14(13)24(15)2/h3-4,6,8-9H,5,7,10H2,1-2H3,(H,22,26). The number of halogens is 3. The first kappa shape index (κ1) is 18.0. The first-order valence-electron chi connectivity index (χ1n) is 8.02. The number of carbonyl (C=O) groups is 1. The van der Waals surface area contributed by atoms with Gasteiger partial charge in [-0.1, -0.05) is 0 Å². The van der Waals surface area contributed by atoms with E-state index in [1.54, 1.807) is 24.0 Å². The van der Waals surface area contributed by atoms with Gasteiger partial charge in [0, 0.05) is 32.4 Å². The molecule has 0 aliphatic rings. The summed E-state index contributed by atoms with van der Waals surface area (Å²) in [5.41, 5.74) is 0.0892. The number of amides is 1. The van der Waals surface area contributed by atoms with Gasteiger partial charge in [-0.15, -0.1) is 0 Å². The Hall–Kier alpha value is -2.84. The number of hydrogen-bond acceptors (Lipinski definition) is 3. The lowest BCUT2D eigenvalue weighted by molar-refractivity contribution is -0.137. The summed E-state index contributed by atoms with van der Waals surface area (Å²) in [5, 5.41) is 2.75. The normalized spacial score (nSPS) is 11.9. The van der Waals surface area contributed by atoms with Crippen LogP contribution in [0.4, 0.5) is 13.2 Å². The van der Waals surface area contributed by atoms with Crippen LogP contribution in [0.1, 0.15) is 23.6 Å². The largest absolute Gasteiger partial charge is 0.416 e. The van der Waals surface area contributed by atoms with Gasteiger partial charge in [0.1, 0.15) is 11.6 Å². The number of aromatic nitrogens is 4. The molecule has 1 N–H and O–H groups in total. The molecule has 0 bridgehead atoms. The molecule has 3 rings (SSSR count). The fourth-order valence-corrected chi connectivity index (χ4v) is 2.71. The van der Waals surface area contributed by atoms with E-state index >= 15 is 0 Å². The maximum Gasteiger partial charge on any atom is 0.416 e. The summed E-state index contributed by atoms with van der Waals surface area (Å²) in [6.45, 7) is 2.51. The molecule has 0 aliphatic heterocycles. The summed E-state index contributed by atoms with van der Waals surface area (Å²) in [7, 11) is 1.71. The van der Waals surface area contributed by atoms with Crippen molar-refractivity contribution in [1.82, 2.24) is 24.4 Å². The molecule has 0 aliphatic carbocycles. The van der Waals surface area contributed by atoms with E-state index in [0.717, 1.165) is 18.0 Å². The van der Waals surface area contributed by atoms with Gasteiger partial charge in [-0.3, -0.25) is 4.79 Å². The van der Waals surface area contributed by atoms with Crippen LogP contribution in [0, 0.1) is 6.92 Å². The molecule has 0 radical (unpaired) electrons. The van der Waals surface area contributed by atoms with Gasteiger partial charge in [-0.25, -0.2) is 9.97 Å². The predicted octanol–water partition coefficient (Wildman–Crippen LogP) is 2.80. The maximum atomic E-state index is 12.8. The fraction of sp³-hybridized carbons (Fsp3) is 0.353. The third-order valence-corrected chi connectivity index (χ3v) is 4.25. The lowest BCUT2D eigenvalue weighted by Crippen LogP contribution is -2.25. The van der Waals surface area contributed by atoms with Crippen LogP contribution in [-0.4, -0.2) is 25.0 Å². The Bertz CT molecular complexity index is 942. The van der Waals surface area contributed by atoms with Crippen LogP contribution in [0.3, 0.4) is 0 Å². The fourth-order valence-electron chi connectivity index (χ4n) is 2.71. The molecule has 138 valence electrons. The number of imidazole rings is 2. The first-order chi connectivity index (χ1) is 12.3. The highest BCUT2D eigenvalue weighted by atomic mass is 19.4. The molecule has 0 unspecified atom stereocenters. The molecule has 6 nitrogen and oxygen atoms in total. The number of fused-ring (bicyclic) bond motifs is 1. The van der Waals surface area contributed by atoms with Gasteiger partial charge in [0.25, 0.3) is 0 Å². The quantitative estimate of drug-likeness (QED) is 0.756. The van der Waals surface area contributed by atoms with Crippen molar-refractivity contribution in [3.63, 3.8) is 0 Å². The molecule has 0 saturated carbocycles. The zero-order chi connectivity index (χ0) is 18.9. The molecular formula is C17H18F3N5O. The highest BCUT2D eigenvalue weighted by Gasteiger charge is 2.31. The zero-order valence-electron chi connectivity index (χ0n) is 14.3. The highest BCUT2D eigenvalue weighted by Crippen LogP contribution is 2.31. The Kier molecular flexibility index (Phi) is 4.71. The minimum atomic E-state index is -4.41. The van der Waals surface area contributed by atoms with Crippen molar-refractivity contribution in [1.29, 1.82) is 0 Å². The molecule has 26 heavy (non-hydrogen) atoms. The van der Waals surface area contributed by atoms with Crippen LogP contribution in [0.25, 0.3) is 11.0 Å². The van der Waals surface area contributed by atoms with Gasteiger partial charge < -0.3 is 14.5 Å². The van der Waals surface area contributed by atoms with Crippen molar-refractivity contribution in [2.24, 2.45) is 7.05 Å². The summed E-state index contributed by atoms with van der Waals surface area (Å²) in [4.78, 5) is 20.3. The van der Waals surface area contributed by atoms with Crippen molar-refractivity contribution in [2.45, 2.75) is 32.6 Å². The van der Waals surface area contributed by atoms with Gasteiger partial charge in [-0.05, 0) is 25.1 Å². The second kappa shape index (κ2) is 6.81. The summed E-state index contributed by atoms with van der Waals surface area (Å²) < 4.78 is 42.0. The number of hydrogen-bond donors (Lipinski definition) is 1. The second-order valence-electron chi connectivity index (χ2n) is 5.98. The van der Waals surface area contributed by atoms with E-state index in [9.17, 15) is 18.0 Å². The van der Waals surface area contributed by atoms with E-state index < -0.39 is 11.7 Å². The number of alkyl halides is 3. The van der Waals surface area contributed by atoms with Crippen LogP contribution in [0.2, 0.25) is 0 Å². The Morgan fingerprint density at radius 1 is 1.31 bits per heavy atom. The smallest absolute Gasteiger partial charge is 0.349 e. The Labute approximate surface area is 147 Å². The lowest BCUT2D eigenvalue weighted by Gasteiger charge is -2.07. The van der Waals surface area contributed by atoms with Gasteiger partial charge in [-0.2, -0.15) is 13.2 Å². The molecule has 0 saturated heterocycles. The number of rotatable bonds is 5. The van der Waals surface area contributed by atoms with Crippen LogP contribution in [-0.2, 0) is 31.1 Å². The number of nitrogens with one attached hydrogen (secondary N) is 1. The average molecular weight is 365 g/mol. The average Bonchev–Trinajstić information content (AvgIpc) is 3.13. The van der Waals surface area contributed by atoms with E-state index in [1.807, 2.05) is 11.5 Å². The minimum absolute atomic E-state index is 0.147. The van der Waals surface area contributed by atoms with Crippen molar-refractivity contribution < 1.29 is 18.0 Å². The van der Waals surface area contributed by atoms with Crippen molar-refractivity contribution in [3.8, 4) is 0 Å². The number of benzene rings is 1. The summed E-state index contributed by atoms with van der Waals surface area (Å²) in [6.07, 6.45) is -0.668. The molecule has 2 aromatic heterocycles. The maximum absolute atomic E-state index is 12.8. The molecule has 1 amide bonds. The predicted molar refractivity (Wildman–Crippen MR) is 89.1 cm³/mol. The van der Waals surface area contributed by atoms with E-state index in [2.05, 4.69) is 15.3 Å². The van der Waals surface area contributed by atoms with Crippen molar-refractivity contribution in [2.75, 3.05) is 0 Å². The first-order valence-corrected chi connectivity index (χ1v) is 8.02. The minimum Gasteiger partial charge on any atom is -0.349 e. The van der Waals surface area contributed by atoms with E-state index in [0.29, 0.717) is 17.9 Å². The van der Waals surface area contributed by atoms with Crippen LogP contribution in [0.5, 0.6) is 0 Å². The lowest BCUT2D eigenvalue weighted by atomic mass is 10.2. The topological polar surface area (TPSA) is 64.7 Å². The Balaban J connectivity index is 1.66. The molecule has 0 atom stereocenters. The van der Waals surface area contributed by atoms with Crippen LogP contribution < -0.4 is 5.32 Å². The monoisotopic (exact) mass is 365 g/mol. The van der Waals surface area contributed by atoms with Crippen molar-refractivity contribution >= 4 is 16.9 Å². The molecule has 0 fully saturated rings. The Morgan fingerprint density at radius 2 is 2.08 bits per heavy atom. The molecule has 0 spiro atoms. The number of aryl methyl sites for hydroxylation is 3. The van der Waals surface area contributed by atoms with Crippen LogP contribution in [0.15, 0.2) is 30.6 Å². The van der Waals surface area contributed by atoms with Gasteiger partial charge >= 0.3 is 6.18 Å². The number of nitrogens with zero attached hydrogens (tertiary/aromatic N) is 4. The number of carbonyl (C=O) groups excluding carboxylic acids is 1. The molecule has 1 aromatic carbocycles. The van der Waals surface area contributed by atoms with Gasteiger partial charge in [0.2, 0.25) is 5.91 Å². The Morgan fingerprint density at radius 3 is 2.73 bits per heavy atom. The highest BCUT2D eigenvalue weighted by molar-refractivity contribution is 5.78. The van der Waals surface area contributed by atoms with E-state index in [-0.39, 0.29) is 24.4 Å². The summed E-state index contributed by atoms with van der Waals surface area (Å²) >= 11 is 0. The van der Waals surface area contributed by atoms with Gasteiger partial charge in [0.05, 0.1) is 23.1 Å². The molecular weight excluding hydrogens is 347 g/mol. The second-order valence-corrected chi connectivity index (χ2v) is 5.98. The summed E-state index contributed by atoms with van der Waals surface area (Å²) in [6, 6.07) is 3.43. The van der Waals surface area contributed by atoms with Gasteiger partial charge in [0.15, 0.2) is 0 Å². The van der Waals surface area contributed by atoms with Crippen molar-refractivity contribution in [3.05, 3.63) is 47.8 Å². The zero-order valence-corrected chi connectivity index (χ0v) is 14.3. The molecule has 2 heterocycles. The third-order valence-electron chi connectivity index (χ3n) is 4.25. The van der Waals surface area contributed by atoms with E-state index in [1.165, 1.54) is 6.07 Å². The van der Waals surface area contributed by atoms with Crippen LogP contribution >= 0.6 is 0 Å².